The second kappa shape index (κ2) is 6.06. The average molecular weight is 395 g/mol. The quantitative estimate of drug-likeness (QED) is 0.764. The van der Waals surface area contributed by atoms with Crippen LogP contribution in [-0.4, -0.2) is 11.9 Å². The van der Waals surface area contributed by atoms with E-state index in [1.807, 2.05) is 6.07 Å². The fourth-order valence-electron chi connectivity index (χ4n) is 2.78. The Balaban J connectivity index is 1.98. The molecule has 1 aromatic rings. The van der Waals surface area contributed by atoms with Crippen LogP contribution >= 0.6 is 43.2 Å². The Kier molecular flexibility index (Phi) is 4.89. The molecule has 1 fully saturated rings. The molecular weight excluding hydrogens is 378 g/mol. The van der Waals surface area contributed by atoms with E-state index in [1.54, 1.807) is 0 Å². The second-order valence-corrected chi connectivity index (χ2v) is 8.54. The highest BCUT2D eigenvalue weighted by Crippen LogP contribution is 2.33. The average Bonchev–Trinajstić information content (AvgIpc) is 2.57. The van der Waals surface area contributed by atoms with Crippen LogP contribution in [0.3, 0.4) is 0 Å². The van der Waals surface area contributed by atoms with Crippen LogP contribution in [0.25, 0.3) is 0 Å². The van der Waals surface area contributed by atoms with Crippen molar-refractivity contribution in [2.45, 2.75) is 39.2 Å². The first-order valence-electron chi connectivity index (χ1n) is 6.21. The van der Waals surface area contributed by atoms with Crippen LogP contribution in [-0.2, 0) is 0 Å². The summed E-state index contributed by atoms with van der Waals surface area (Å²) in [5.74, 6) is 1.47. The van der Waals surface area contributed by atoms with Crippen LogP contribution in [0.2, 0.25) is 0 Å². The molecule has 1 N–H and O–H groups in total. The summed E-state index contributed by atoms with van der Waals surface area (Å²) >= 11 is 8.30. The first kappa shape index (κ1) is 14.5. The van der Waals surface area contributed by atoms with Crippen LogP contribution < -0.4 is 5.32 Å². The lowest BCUT2D eigenvalue weighted by Gasteiger charge is -2.31. The van der Waals surface area contributed by atoms with Gasteiger partial charge < -0.3 is 5.32 Å². The minimum Gasteiger partial charge on any atom is -0.349 e. The maximum atomic E-state index is 12.1. The van der Waals surface area contributed by atoms with Crippen molar-refractivity contribution in [2.75, 3.05) is 0 Å². The molecular formula is C13H17Br2NOS. The molecule has 0 saturated heterocycles. The molecule has 0 aliphatic heterocycles. The smallest absolute Gasteiger partial charge is 0.261 e. The van der Waals surface area contributed by atoms with Crippen molar-refractivity contribution < 1.29 is 4.79 Å². The third kappa shape index (κ3) is 3.58. The first-order valence-corrected chi connectivity index (χ1v) is 8.61. The molecule has 1 amide bonds. The zero-order valence-corrected chi connectivity index (χ0v) is 14.5. The fourth-order valence-corrected chi connectivity index (χ4v) is 4.72. The van der Waals surface area contributed by atoms with Crippen LogP contribution in [0.15, 0.2) is 14.3 Å². The zero-order chi connectivity index (χ0) is 13.3. The maximum Gasteiger partial charge on any atom is 0.261 e. The molecule has 1 saturated carbocycles. The van der Waals surface area contributed by atoms with E-state index < -0.39 is 0 Å². The summed E-state index contributed by atoms with van der Waals surface area (Å²) in [6, 6.07) is 2.20. The van der Waals surface area contributed by atoms with Crippen LogP contribution in [0.4, 0.5) is 0 Å². The molecule has 2 nitrogen and oxygen atoms in total. The van der Waals surface area contributed by atoms with Crippen LogP contribution in [0.1, 0.15) is 42.8 Å². The van der Waals surface area contributed by atoms with Gasteiger partial charge in [0, 0.05) is 10.5 Å². The van der Waals surface area contributed by atoms with Gasteiger partial charge in [-0.1, -0.05) is 13.8 Å². The lowest BCUT2D eigenvalue weighted by Crippen LogP contribution is -2.39. The van der Waals surface area contributed by atoms with Gasteiger partial charge in [0.2, 0.25) is 0 Å². The summed E-state index contributed by atoms with van der Waals surface area (Å²) in [6.45, 7) is 4.54. The largest absolute Gasteiger partial charge is 0.349 e. The zero-order valence-electron chi connectivity index (χ0n) is 10.5. The first-order chi connectivity index (χ1) is 8.45. The lowest BCUT2D eigenvalue weighted by atomic mass is 9.80. The highest BCUT2D eigenvalue weighted by molar-refractivity contribution is 9.13. The number of hydrogen-bond acceptors (Lipinski definition) is 2. The Morgan fingerprint density at radius 2 is 1.89 bits per heavy atom. The second-order valence-electron chi connectivity index (χ2n) is 5.32. The van der Waals surface area contributed by atoms with Gasteiger partial charge in [0.25, 0.3) is 5.91 Å². The van der Waals surface area contributed by atoms with E-state index in [0.29, 0.717) is 17.9 Å². The van der Waals surface area contributed by atoms with E-state index in [4.69, 9.17) is 0 Å². The molecule has 5 heteroatoms. The number of carbonyl (C=O) groups excluding carboxylic acids is 1. The molecule has 18 heavy (non-hydrogen) atoms. The highest BCUT2D eigenvalue weighted by Gasteiger charge is 2.25. The molecule has 0 bridgehead atoms. The lowest BCUT2D eigenvalue weighted by molar-refractivity contribution is 0.0915. The van der Waals surface area contributed by atoms with Crippen molar-refractivity contribution in [3.8, 4) is 0 Å². The minimum absolute atomic E-state index is 0.0534. The fraction of sp³-hybridized carbons (Fsp3) is 0.615. The minimum atomic E-state index is 0.0534. The number of carbonyl (C=O) groups is 1. The Labute approximate surface area is 129 Å². The molecule has 1 aliphatic carbocycles. The number of amides is 1. The Hall–Kier alpha value is 0.130. The normalized spacial score (nSPS) is 28.1. The predicted molar refractivity (Wildman–Crippen MR) is 83.2 cm³/mol. The van der Waals surface area contributed by atoms with Crippen LogP contribution in [0.5, 0.6) is 0 Å². The van der Waals surface area contributed by atoms with E-state index >= 15 is 0 Å². The topological polar surface area (TPSA) is 29.1 Å². The summed E-state index contributed by atoms with van der Waals surface area (Å²) in [4.78, 5) is 12.9. The number of nitrogens with one attached hydrogen (secondary N) is 1. The van der Waals surface area contributed by atoms with Gasteiger partial charge >= 0.3 is 0 Å². The molecule has 1 heterocycles. The summed E-state index contributed by atoms with van der Waals surface area (Å²) in [5, 5.41) is 3.17. The molecule has 2 unspecified atom stereocenters. The predicted octanol–water partition coefficient (Wildman–Crippen LogP) is 4.83. The van der Waals surface area contributed by atoms with Crippen molar-refractivity contribution in [3.63, 3.8) is 0 Å². The number of rotatable bonds is 2. The number of thiophene rings is 1. The van der Waals surface area contributed by atoms with Gasteiger partial charge in [-0.3, -0.25) is 4.79 Å². The Morgan fingerprint density at radius 3 is 2.39 bits per heavy atom. The summed E-state index contributed by atoms with van der Waals surface area (Å²) in [7, 11) is 0. The molecule has 1 aromatic heterocycles. The van der Waals surface area contributed by atoms with Crippen molar-refractivity contribution >= 4 is 49.1 Å². The molecule has 2 atom stereocenters. The van der Waals surface area contributed by atoms with Gasteiger partial charge in [0.05, 0.1) is 8.66 Å². The van der Waals surface area contributed by atoms with Crippen molar-refractivity contribution in [1.82, 2.24) is 5.32 Å². The Morgan fingerprint density at radius 1 is 1.28 bits per heavy atom. The summed E-state index contributed by atoms with van der Waals surface area (Å²) in [6.07, 6.45) is 3.48. The van der Waals surface area contributed by atoms with Gasteiger partial charge in [0.15, 0.2) is 0 Å². The van der Waals surface area contributed by atoms with Crippen molar-refractivity contribution in [1.29, 1.82) is 0 Å². The van der Waals surface area contributed by atoms with Crippen LogP contribution in [0, 0.1) is 11.8 Å². The number of hydrogen-bond donors (Lipinski definition) is 1. The maximum absolute atomic E-state index is 12.1. The van der Waals surface area contributed by atoms with Crippen molar-refractivity contribution in [3.05, 3.63) is 19.2 Å². The van der Waals surface area contributed by atoms with E-state index in [2.05, 4.69) is 51.0 Å². The van der Waals surface area contributed by atoms with Gasteiger partial charge in [0.1, 0.15) is 0 Å². The van der Waals surface area contributed by atoms with Crippen molar-refractivity contribution in [2.24, 2.45) is 11.8 Å². The third-order valence-electron chi connectivity index (χ3n) is 3.38. The number of halogens is 2. The molecule has 2 rings (SSSR count). The third-order valence-corrected chi connectivity index (χ3v) is 6.64. The summed E-state index contributed by atoms with van der Waals surface area (Å²) in [5.41, 5.74) is 0. The molecule has 100 valence electrons. The van der Waals surface area contributed by atoms with E-state index in [-0.39, 0.29) is 5.91 Å². The van der Waals surface area contributed by atoms with Gasteiger partial charge in [-0.2, -0.15) is 0 Å². The molecule has 0 aromatic carbocycles. The molecule has 0 radical (unpaired) electrons. The van der Waals surface area contributed by atoms with Gasteiger partial charge in [-0.25, -0.2) is 0 Å². The van der Waals surface area contributed by atoms with E-state index in [0.717, 1.165) is 26.0 Å². The Bertz CT molecular complexity index is 417. The SMILES string of the molecule is CC1CC(C)CC(NC(=O)c2cc(Br)c(Br)s2)C1. The highest BCUT2D eigenvalue weighted by atomic mass is 79.9. The molecule has 1 aliphatic rings. The monoisotopic (exact) mass is 393 g/mol. The van der Waals surface area contributed by atoms with E-state index in [1.165, 1.54) is 17.8 Å². The van der Waals surface area contributed by atoms with Gasteiger partial charge in [-0.15, -0.1) is 11.3 Å². The van der Waals surface area contributed by atoms with Gasteiger partial charge in [-0.05, 0) is 69.0 Å². The standard InChI is InChI=1S/C13H17Br2NOS/c1-7-3-8(2)5-9(4-7)16-13(17)11-6-10(14)12(15)18-11/h6-9H,3-5H2,1-2H3,(H,16,17). The van der Waals surface area contributed by atoms with E-state index in [9.17, 15) is 4.79 Å². The summed E-state index contributed by atoms with van der Waals surface area (Å²) < 4.78 is 1.92. The molecule has 0 spiro atoms.